The lowest BCUT2D eigenvalue weighted by Gasteiger charge is -2.41. The number of pyridine rings is 1. The third-order valence-electron chi connectivity index (χ3n) is 4.72. The number of nitrogens with zero attached hydrogens (tertiary/aromatic N) is 5. The van der Waals surface area contributed by atoms with E-state index in [4.69, 9.17) is 28.1 Å². The fraction of sp³-hybridized carbons (Fsp3) is 0.353. The van der Waals surface area contributed by atoms with Crippen LogP contribution >= 0.6 is 11.6 Å². The molecule has 1 saturated heterocycles. The minimum Gasteiger partial charge on any atom is -0.382 e. The van der Waals surface area contributed by atoms with Crippen molar-refractivity contribution in [2.24, 2.45) is 7.05 Å². The first kappa shape index (κ1) is 18.5. The molecule has 0 radical (unpaired) electrons. The van der Waals surface area contributed by atoms with Crippen LogP contribution < -0.4 is 21.7 Å². The predicted molar refractivity (Wildman–Crippen MR) is 106 cm³/mol. The lowest BCUT2D eigenvalue weighted by Crippen LogP contribution is -2.56. The first-order valence-electron chi connectivity index (χ1n) is 8.58. The molecule has 0 amide bonds. The highest BCUT2D eigenvalue weighted by molar-refractivity contribution is 6.35. The van der Waals surface area contributed by atoms with E-state index < -0.39 is 12.0 Å². The summed E-state index contributed by atoms with van der Waals surface area (Å²) < 4.78 is 28.9. The van der Waals surface area contributed by atoms with E-state index in [0.29, 0.717) is 11.4 Å². The predicted octanol–water partition coefficient (Wildman–Crippen LogP) is 2.81. The molecule has 4 rings (SSSR count). The Morgan fingerprint density at radius 1 is 1.25 bits per heavy atom. The molecular formula is C17H19ClF2N8. The smallest absolute Gasteiger partial charge is 0.282 e. The summed E-state index contributed by atoms with van der Waals surface area (Å²) in [6, 6.07) is 3.34. The number of hydrogen-bond donors (Lipinski definition) is 3. The van der Waals surface area contributed by atoms with Crippen molar-refractivity contribution in [3.8, 4) is 0 Å². The number of halogens is 3. The molecule has 0 bridgehead atoms. The largest absolute Gasteiger partial charge is 0.382 e. The first-order chi connectivity index (χ1) is 13.1. The van der Waals surface area contributed by atoms with E-state index in [2.05, 4.69) is 15.3 Å². The van der Waals surface area contributed by atoms with Crippen LogP contribution in [0.2, 0.25) is 5.02 Å². The number of anilines is 4. The monoisotopic (exact) mass is 408 g/mol. The molecule has 148 valence electrons. The molecule has 3 aromatic heterocycles. The van der Waals surface area contributed by atoms with Gasteiger partial charge in [-0.15, -0.1) is 0 Å². The van der Waals surface area contributed by atoms with Gasteiger partial charge in [-0.1, -0.05) is 11.6 Å². The van der Waals surface area contributed by atoms with Gasteiger partial charge in [0.25, 0.3) is 5.92 Å². The molecular weight excluding hydrogens is 390 g/mol. The molecule has 1 atom stereocenters. The van der Waals surface area contributed by atoms with Gasteiger partial charge in [0.15, 0.2) is 5.82 Å². The van der Waals surface area contributed by atoms with Crippen LogP contribution in [0.4, 0.5) is 32.1 Å². The highest BCUT2D eigenvalue weighted by Crippen LogP contribution is 2.38. The zero-order valence-corrected chi connectivity index (χ0v) is 16.0. The van der Waals surface area contributed by atoms with Gasteiger partial charge >= 0.3 is 0 Å². The number of rotatable bonds is 4. The summed E-state index contributed by atoms with van der Waals surface area (Å²) in [5, 5.41) is 3.26. The van der Waals surface area contributed by atoms with Crippen LogP contribution in [0, 0.1) is 0 Å². The summed E-state index contributed by atoms with van der Waals surface area (Å²) in [5.41, 5.74) is 14.2. The molecule has 0 spiro atoms. The van der Waals surface area contributed by atoms with E-state index in [1.165, 1.54) is 0 Å². The van der Waals surface area contributed by atoms with Gasteiger partial charge in [0.1, 0.15) is 10.8 Å². The van der Waals surface area contributed by atoms with Gasteiger partial charge in [-0.05, 0) is 19.1 Å². The zero-order valence-electron chi connectivity index (χ0n) is 15.2. The Hall–Kier alpha value is -2.88. The second-order valence-electron chi connectivity index (χ2n) is 6.93. The number of fused-ring (bicyclic) bond motifs is 1. The van der Waals surface area contributed by atoms with Crippen molar-refractivity contribution in [1.82, 2.24) is 19.5 Å². The fourth-order valence-corrected chi connectivity index (χ4v) is 3.43. The first-order valence-corrected chi connectivity index (χ1v) is 8.96. The molecule has 11 heteroatoms. The summed E-state index contributed by atoms with van der Waals surface area (Å²) in [6.07, 6.45) is 1.87. The number of hydrogen-bond acceptors (Lipinski definition) is 7. The van der Waals surface area contributed by atoms with Gasteiger partial charge < -0.3 is 26.3 Å². The summed E-state index contributed by atoms with van der Waals surface area (Å²) in [4.78, 5) is 14.2. The third kappa shape index (κ3) is 3.13. The Balaban J connectivity index is 1.74. The molecule has 4 heterocycles. The SMILES string of the molecule is CC(Nc1nc(N)nc(N)c1Cl)c1nc2ccn(C)c2cc1N1CC(F)(F)C1. The molecule has 1 aliphatic heterocycles. The molecule has 0 aromatic carbocycles. The Bertz CT molecular complexity index is 1060. The highest BCUT2D eigenvalue weighted by atomic mass is 35.5. The second-order valence-corrected chi connectivity index (χ2v) is 7.31. The topological polar surface area (TPSA) is 111 Å². The summed E-state index contributed by atoms with van der Waals surface area (Å²) >= 11 is 6.17. The van der Waals surface area contributed by atoms with Crippen LogP contribution in [0.25, 0.3) is 11.0 Å². The molecule has 0 aliphatic carbocycles. The average molecular weight is 409 g/mol. The number of aromatic nitrogens is 4. The van der Waals surface area contributed by atoms with E-state index in [9.17, 15) is 8.78 Å². The van der Waals surface area contributed by atoms with Crippen molar-refractivity contribution in [1.29, 1.82) is 0 Å². The Morgan fingerprint density at radius 3 is 2.64 bits per heavy atom. The summed E-state index contributed by atoms with van der Waals surface area (Å²) in [6.45, 7) is 1.14. The van der Waals surface area contributed by atoms with E-state index in [-0.39, 0.29) is 35.7 Å². The maximum atomic E-state index is 13.5. The van der Waals surface area contributed by atoms with E-state index in [1.807, 2.05) is 36.9 Å². The normalized spacial score (nSPS) is 16.8. The maximum Gasteiger partial charge on any atom is 0.282 e. The summed E-state index contributed by atoms with van der Waals surface area (Å²) in [7, 11) is 1.88. The number of aryl methyl sites for hydroxylation is 1. The Labute approximate surface area is 164 Å². The maximum absolute atomic E-state index is 13.5. The molecule has 8 nitrogen and oxygen atoms in total. The van der Waals surface area contributed by atoms with Crippen LogP contribution in [0.1, 0.15) is 18.7 Å². The van der Waals surface area contributed by atoms with Gasteiger partial charge in [-0.2, -0.15) is 9.97 Å². The van der Waals surface area contributed by atoms with Gasteiger partial charge in [0.2, 0.25) is 5.95 Å². The number of nitrogens with two attached hydrogens (primary N) is 2. The molecule has 1 unspecified atom stereocenters. The lowest BCUT2D eigenvalue weighted by molar-refractivity contribution is -0.0263. The van der Waals surface area contributed by atoms with Crippen molar-refractivity contribution in [2.45, 2.75) is 18.9 Å². The Morgan fingerprint density at radius 2 is 1.96 bits per heavy atom. The molecule has 28 heavy (non-hydrogen) atoms. The average Bonchev–Trinajstić information content (AvgIpc) is 2.96. The van der Waals surface area contributed by atoms with E-state index in [1.54, 1.807) is 4.90 Å². The minimum atomic E-state index is -2.70. The van der Waals surface area contributed by atoms with Crippen LogP contribution in [-0.4, -0.2) is 38.5 Å². The van der Waals surface area contributed by atoms with Crippen molar-refractivity contribution in [2.75, 3.05) is 34.8 Å². The van der Waals surface area contributed by atoms with Crippen molar-refractivity contribution < 1.29 is 8.78 Å². The molecule has 3 aromatic rings. The van der Waals surface area contributed by atoms with Gasteiger partial charge in [-0.25, -0.2) is 13.8 Å². The number of alkyl halides is 2. The van der Waals surface area contributed by atoms with Gasteiger partial charge in [-0.3, -0.25) is 0 Å². The van der Waals surface area contributed by atoms with Gasteiger partial charge in [0, 0.05) is 13.2 Å². The van der Waals surface area contributed by atoms with E-state index in [0.717, 1.165) is 11.0 Å². The van der Waals surface area contributed by atoms with Crippen LogP contribution in [0.15, 0.2) is 18.3 Å². The molecule has 0 saturated carbocycles. The third-order valence-corrected chi connectivity index (χ3v) is 5.09. The quantitative estimate of drug-likeness (QED) is 0.608. The lowest BCUT2D eigenvalue weighted by atomic mass is 10.1. The Kier molecular flexibility index (Phi) is 4.18. The number of nitrogens with one attached hydrogen (secondary N) is 1. The fourth-order valence-electron chi connectivity index (χ4n) is 3.30. The standard InChI is InChI=1S/C17H19ClF2N8/c1-8(23-15-12(18)14(21)25-16(22)26-15)13-11(28-6-17(19,20)7-28)5-10-9(24-13)3-4-27(10)2/h3-5,8H,6-7H2,1-2H3,(H5,21,22,23,25,26). The van der Waals surface area contributed by atoms with Crippen molar-refractivity contribution in [3.05, 3.63) is 29.0 Å². The van der Waals surface area contributed by atoms with Crippen LogP contribution in [0.3, 0.4) is 0 Å². The van der Waals surface area contributed by atoms with Crippen LogP contribution in [-0.2, 0) is 7.05 Å². The molecule has 5 N–H and O–H groups in total. The zero-order chi connectivity index (χ0) is 20.2. The number of nitrogen functional groups attached to an aromatic ring is 2. The molecule has 1 aliphatic rings. The minimum absolute atomic E-state index is 0.0225. The second kappa shape index (κ2) is 6.33. The van der Waals surface area contributed by atoms with E-state index >= 15 is 0 Å². The summed E-state index contributed by atoms with van der Waals surface area (Å²) in [5.74, 6) is -2.41. The molecule has 1 fully saturated rings. The van der Waals surface area contributed by atoms with Crippen molar-refractivity contribution in [3.63, 3.8) is 0 Å². The van der Waals surface area contributed by atoms with Gasteiger partial charge in [0.05, 0.1) is 41.5 Å². The highest BCUT2D eigenvalue weighted by Gasteiger charge is 2.45. The van der Waals surface area contributed by atoms with Crippen molar-refractivity contribution >= 4 is 45.9 Å². The van der Waals surface area contributed by atoms with Crippen LogP contribution in [0.5, 0.6) is 0 Å².